The molecule has 0 saturated heterocycles. The molecule has 19 heavy (non-hydrogen) atoms. The molecule has 0 aromatic carbocycles. The Balaban J connectivity index is 1.95. The first-order chi connectivity index (χ1) is 9.19. The highest BCUT2D eigenvalue weighted by molar-refractivity contribution is 5.91. The lowest BCUT2D eigenvalue weighted by atomic mass is 10.2. The molecular formula is C14H17N3O2. The van der Waals surface area contributed by atoms with Crippen LogP contribution in [0.25, 0.3) is 6.08 Å². The zero-order valence-electron chi connectivity index (χ0n) is 11.0. The Morgan fingerprint density at radius 3 is 3.00 bits per heavy atom. The number of carbonyl (C=O) groups excluding carboxylic acids is 1. The normalized spacial score (nSPS) is 12.7. The number of nitrogens with one attached hydrogen (secondary N) is 2. The summed E-state index contributed by atoms with van der Waals surface area (Å²) in [5.41, 5.74) is 0. The van der Waals surface area contributed by atoms with E-state index < -0.39 is 0 Å². The van der Waals surface area contributed by atoms with Crippen LogP contribution in [-0.4, -0.2) is 15.9 Å². The van der Waals surface area contributed by atoms with E-state index in [0.29, 0.717) is 5.76 Å². The summed E-state index contributed by atoms with van der Waals surface area (Å²) in [6.07, 6.45) is 7.30. The van der Waals surface area contributed by atoms with Crippen LogP contribution >= 0.6 is 0 Å². The number of hydrogen-bond donors (Lipinski definition) is 2. The molecule has 0 aliphatic heterocycles. The first kappa shape index (κ1) is 13.1. The van der Waals surface area contributed by atoms with Gasteiger partial charge in [-0.25, -0.2) is 4.98 Å². The van der Waals surface area contributed by atoms with Gasteiger partial charge in [0.2, 0.25) is 5.91 Å². The third kappa shape index (κ3) is 3.58. The predicted molar refractivity (Wildman–Crippen MR) is 72.2 cm³/mol. The summed E-state index contributed by atoms with van der Waals surface area (Å²) < 4.78 is 5.35. The maximum atomic E-state index is 11.8. The van der Waals surface area contributed by atoms with E-state index in [1.165, 1.54) is 6.08 Å². The molecule has 100 valence electrons. The van der Waals surface area contributed by atoms with Gasteiger partial charge >= 0.3 is 0 Å². The summed E-state index contributed by atoms with van der Waals surface area (Å²) in [4.78, 5) is 19.0. The third-order valence-electron chi connectivity index (χ3n) is 2.73. The van der Waals surface area contributed by atoms with Gasteiger partial charge in [-0.1, -0.05) is 6.92 Å². The van der Waals surface area contributed by atoms with E-state index >= 15 is 0 Å². The number of aromatic nitrogens is 2. The summed E-state index contributed by atoms with van der Waals surface area (Å²) >= 11 is 0. The smallest absolute Gasteiger partial charge is 0.244 e. The van der Waals surface area contributed by atoms with E-state index in [2.05, 4.69) is 15.3 Å². The second-order valence-electron chi connectivity index (χ2n) is 4.23. The highest BCUT2D eigenvalue weighted by Crippen LogP contribution is 2.12. The topological polar surface area (TPSA) is 70.9 Å². The standard InChI is InChI=1S/C14H17N3O2/c1-3-12(14-15-8-9-16-14)17-13(18)7-6-11-5-4-10(2)19-11/h4-9,12H,3H2,1-2H3,(H,15,16)(H,17,18)/b7-6+. The fraction of sp³-hybridized carbons (Fsp3) is 0.286. The van der Waals surface area contributed by atoms with E-state index in [0.717, 1.165) is 18.0 Å². The first-order valence-corrected chi connectivity index (χ1v) is 6.23. The molecule has 0 saturated carbocycles. The minimum atomic E-state index is -0.169. The van der Waals surface area contributed by atoms with Crippen LogP contribution in [0.3, 0.4) is 0 Å². The molecule has 5 heteroatoms. The predicted octanol–water partition coefficient (Wildman–Crippen LogP) is 2.59. The number of imidazole rings is 1. The van der Waals surface area contributed by atoms with Crippen LogP contribution in [0.5, 0.6) is 0 Å². The van der Waals surface area contributed by atoms with Crippen LogP contribution in [0.2, 0.25) is 0 Å². The molecule has 0 aliphatic carbocycles. The van der Waals surface area contributed by atoms with Gasteiger partial charge in [0.25, 0.3) is 0 Å². The molecule has 5 nitrogen and oxygen atoms in total. The van der Waals surface area contributed by atoms with Gasteiger partial charge in [0.1, 0.15) is 17.3 Å². The molecule has 1 unspecified atom stereocenters. The summed E-state index contributed by atoms with van der Waals surface area (Å²) in [5.74, 6) is 2.08. The Hall–Kier alpha value is -2.30. The maximum Gasteiger partial charge on any atom is 0.244 e. The van der Waals surface area contributed by atoms with Crippen molar-refractivity contribution in [2.75, 3.05) is 0 Å². The average molecular weight is 259 g/mol. The SMILES string of the molecule is CCC(NC(=O)/C=C/c1ccc(C)o1)c1ncc[nH]1. The van der Waals surface area contributed by atoms with Crippen LogP contribution in [0.4, 0.5) is 0 Å². The lowest BCUT2D eigenvalue weighted by Gasteiger charge is -2.12. The highest BCUT2D eigenvalue weighted by Gasteiger charge is 2.12. The molecule has 1 atom stereocenters. The summed E-state index contributed by atoms with van der Waals surface area (Å²) in [5, 5.41) is 2.88. The quantitative estimate of drug-likeness (QED) is 0.811. The molecule has 2 N–H and O–H groups in total. The van der Waals surface area contributed by atoms with Gasteiger partial charge in [-0.05, 0) is 31.6 Å². The molecule has 1 amide bonds. The van der Waals surface area contributed by atoms with Gasteiger partial charge in [-0.15, -0.1) is 0 Å². The lowest BCUT2D eigenvalue weighted by Crippen LogP contribution is -2.27. The number of aryl methyl sites for hydroxylation is 1. The molecule has 0 fully saturated rings. The van der Waals surface area contributed by atoms with Crippen molar-refractivity contribution in [2.24, 2.45) is 0 Å². The summed E-state index contributed by atoms with van der Waals surface area (Å²) in [7, 11) is 0. The number of aromatic amines is 1. The maximum absolute atomic E-state index is 11.8. The molecular weight excluding hydrogens is 242 g/mol. The molecule has 0 spiro atoms. The number of rotatable bonds is 5. The number of hydrogen-bond acceptors (Lipinski definition) is 3. The van der Waals surface area contributed by atoms with Crippen molar-refractivity contribution in [1.29, 1.82) is 0 Å². The van der Waals surface area contributed by atoms with E-state index in [4.69, 9.17) is 4.42 Å². The zero-order chi connectivity index (χ0) is 13.7. The highest BCUT2D eigenvalue weighted by atomic mass is 16.3. The van der Waals surface area contributed by atoms with Crippen molar-refractivity contribution in [3.8, 4) is 0 Å². The van der Waals surface area contributed by atoms with Crippen LogP contribution in [0, 0.1) is 6.92 Å². The zero-order valence-corrected chi connectivity index (χ0v) is 11.0. The Bertz CT molecular complexity index is 555. The Morgan fingerprint density at radius 1 is 1.58 bits per heavy atom. The van der Waals surface area contributed by atoms with Crippen molar-refractivity contribution in [2.45, 2.75) is 26.3 Å². The van der Waals surface area contributed by atoms with Crippen molar-refractivity contribution in [3.63, 3.8) is 0 Å². The second-order valence-corrected chi connectivity index (χ2v) is 4.23. The fourth-order valence-corrected chi connectivity index (χ4v) is 1.75. The van der Waals surface area contributed by atoms with Crippen molar-refractivity contribution in [1.82, 2.24) is 15.3 Å². The summed E-state index contributed by atoms with van der Waals surface area (Å²) in [6.45, 7) is 3.86. The lowest BCUT2D eigenvalue weighted by molar-refractivity contribution is -0.117. The van der Waals surface area contributed by atoms with Gasteiger partial charge < -0.3 is 14.7 Å². The van der Waals surface area contributed by atoms with E-state index in [1.807, 2.05) is 26.0 Å². The Morgan fingerprint density at radius 2 is 2.42 bits per heavy atom. The average Bonchev–Trinajstić information content (AvgIpc) is 3.05. The second kappa shape index (κ2) is 6.04. The fourth-order valence-electron chi connectivity index (χ4n) is 1.75. The van der Waals surface area contributed by atoms with Crippen molar-refractivity contribution < 1.29 is 9.21 Å². The van der Waals surface area contributed by atoms with Crippen LogP contribution in [0.1, 0.15) is 36.7 Å². The number of furan rings is 1. The van der Waals surface area contributed by atoms with E-state index in [-0.39, 0.29) is 11.9 Å². The van der Waals surface area contributed by atoms with Crippen molar-refractivity contribution >= 4 is 12.0 Å². The molecule has 2 aromatic rings. The molecule has 2 aromatic heterocycles. The largest absolute Gasteiger partial charge is 0.462 e. The number of nitrogens with zero attached hydrogens (tertiary/aromatic N) is 1. The van der Waals surface area contributed by atoms with E-state index in [9.17, 15) is 4.79 Å². The Kier molecular flexibility index (Phi) is 4.18. The van der Waals surface area contributed by atoms with Gasteiger partial charge in [0.15, 0.2) is 0 Å². The molecule has 0 aliphatic rings. The molecule has 0 radical (unpaired) electrons. The van der Waals surface area contributed by atoms with Gasteiger partial charge in [0.05, 0.1) is 6.04 Å². The first-order valence-electron chi connectivity index (χ1n) is 6.23. The van der Waals surface area contributed by atoms with Gasteiger partial charge in [-0.3, -0.25) is 4.79 Å². The van der Waals surface area contributed by atoms with E-state index in [1.54, 1.807) is 18.5 Å². The van der Waals surface area contributed by atoms with Crippen LogP contribution in [0.15, 0.2) is 35.0 Å². The molecule has 2 heterocycles. The number of H-pyrrole nitrogens is 1. The monoisotopic (exact) mass is 259 g/mol. The minimum Gasteiger partial charge on any atom is -0.462 e. The van der Waals surface area contributed by atoms with Crippen LogP contribution in [-0.2, 0) is 4.79 Å². The van der Waals surface area contributed by atoms with Crippen LogP contribution < -0.4 is 5.32 Å². The Labute approximate surface area is 111 Å². The minimum absolute atomic E-state index is 0.106. The number of amides is 1. The van der Waals surface area contributed by atoms with Crippen molar-refractivity contribution in [3.05, 3.63) is 47.9 Å². The third-order valence-corrected chi connectivity index (χ3v) is 2.73. The van der Waals surface area contributed by atoms with Gasteiger partial charge in [0, 0.05) is 18.5 Å². The summed E-state index contributed by atoms with van der Waals surface area (Å²) in [6, 6.07) is 3.57. The van der Waals surface area contributed by atoms with Gasteiger partial charge in [-0.2, -0.15) is 0 Å². The number of carbonyl (C=O) groups is 1. The molecule has 0 bridgehead atoms. The molecule has 2 rings (SSSR count).